The Morgan fingerprint density at radius 2 is 2.12 bits per heavy atom. The van der Waals surface area contributed by atoms with Crippen LogP contribution in [0.25, 0.3) is 10.9 Å². The summed E-state index contributed by atoms with van der Waals surface area (Å²) in [5, 5.41) is 13.7. The standard InChI is InChI=1S/C12H12N2O2/c15-9-5-6-13-12(16)11-10(9)7-3-1-2-4-8(7)14-11/h1-4,9,14-15H,5-6H2,(H,13,16). The largest absolute Gasteiger partial charge is 0.388 e. The van der Waals surface area contributed by atoms with Gasteiger partial charge in [0.15, 0.2) is 0 Å². The monoisotopic (exact) mass is 216 g/mol. The second kappa shape index (κ2) is 3.35. The predicted octanol–water partition coefficient (Wildman–Crippen LogP) is 1.33. The molecule has 0 saturated heterocycles. The normalized spacial score (nSPS) is 20.3. The molecule has 16 heavy (non-hydrogen) atoms. The van der Waals surface area contributed by atoms with Crippen molar-refractivity contribution in [2.24, 2.45) is 0 Å². The molecule has 0 spiro atoms. The molecule has 82 valence electrons. The van der Waals surface area contributed by atoms with E-state index in [2.05, 4.69) is 10.3 Å². The Labute approximate surface area is 92.3 Å². The van der Waals surface area contributed by atoms with Crippen molar-refractivity contribution in [3.63, 3.8) is 0 Å². The average molecular weight is 216 g/mol. The quantitative estimate of drug-likeness (QED) is 0.622. The van der Waals surface area contributed by atoms with Gasteiger partial charge in [-0.1, -0.05) is 18.2 Å². The molecule has 3 N–H and O–H groups in total. The number of H-pyrrole nitrogens is 1. The third-order valence-electron chi connectivity index (χ3n) is 3.01. The molecule has 1 amide bonds. The number of carbonyl (C=O) groups excluding carboxylic acids is 1. The molecule has 3 rings (SSSR count). The molecule has 2 heterocycles. The zero-order chi connectivity index (χ0) is 11.1. The number of carbonyl (C=O) groups is 1. The fourth-order valence-electron chi connectivity index (χ4n) is 2.24. The highest BCUT2D eigenvalue weighted by atomic mass is 16.3. The third-order valence-corrected chi connectivity index (χ3v) is 3.01. The van der Waals surface area contributed by atoms with Crippen molar-refractivity contribution in [2.75, 3.05) is 6.54 Å². The summed E-state index contributed by atoms with van der Waals surface area (Å²) in [6.45, 7) is 0.511. The van der Waals surface area contributed by atoms with Crippen molar-refractivity contribution < 1.29 is 9.90 Å². The minimum absolute atomic E-state index is 0.136. The lowest BCUT2D eigenvalue weighted by Gasteiger charge is -2.06. The van der Waals surface area contributed by atoms with E-state index in [0.29, 0.717) is 18.7 Å². The van der Waals surface area contributed by atoms with Gasteiger partial charge in [0.1, 0.15) is 5.69 Å². The van der Waals surface area contributed by atoms with E-state index in [0.717, 1.165) is 16.5 Å². The van der Waals surface area contributed by atoms with Crippen LogP contribution in [-0.4, -0.2) is 22.5 Å². The van der Waals surface area contributed by atoms with Crippen LogP contribution in [0.1, 0.15) is 28.6 Å². The Bertz CT molecular complexity index is 559. The molecule has 1 aromatic carbocycles. The van der Waals surface area contributed by atoms with Gasteiger partial charge in [-0.15, -0.1) is 0 Å². The molecule has 1 aliphatic rings. The summed E-state index contributed by atoms with van der Waals surface area (Å²) in [7, 11) is 0. The number of benzene rings is 1. The van der Waals surface area contributed by atoms with Crippen LogP contribution in [0, 0.1) is 0 Å². The van der Waals surface area contributed by atoms with Gasteiger partial charge >= 0.3 is 0 Å². The van der Waals surface area contributed by atoms with E-state index < -0.39 is 6.10 Å². The van der Waals surface area contributed by atoms with E-state index >= 15 is 0 Å². The van der Waals surface area contributed by atoms with Crippen LogP contribution in [0.2, 0.25) is 0 Å². The fourth-order valence-corrected chi connectivity index (χ4v) is 2.24. The van der Waals surface area contributed by atoms with Crippen molar-refractivity contribution in [3.05, 3.63) is 35.5 Å². The summed E-state index contributed by atoms with van der Waals surface area (Å²) in [4.78, 5) is 14.8. The van der Waals surface area contributed by atoms with Gasteiger partial charge in [0.05, 0.1) is 6.10 Å². The van der Waals surface area contributed by atoms with Crippen LogP contribution in [0.3, 0.4) is 0 Å². The Morgan fingerprint density at radius 3 is 3.00 bits per heavy atom. The van der Waals surface area contributed by atoms with Crippen molar-refractivity contribution >= 4 is 16.8 Å². The number of para-hydroxylation sites is 1. The maximum absolute atomic E-state index is 11.8. The maximum atomic E-state index is 11.8. The zero-order valence-corrected chi connectivity index (χ0v) is 8.66. The number of aliphatic hydroxyl groups is 1. The Kier molecular flexibility index (Phi) is 1.97. The molecule has 2 aromatic rings. The number of hydrogen-bond donors (Lipinski definition) is 3. The fraction of sp³-hybridized carbons (Fsp3) is 0.250. The number of rotatable bonds is 0. The number of amides is 1. The highest BCUT2D eigenvalue weighted by Gasteiger charge is 2.25. The molecule has 0 radical (unpaired) electrons. The minimum Gasteiger partial charge on any atom is -0.388 e. The van der Waals surface area contributed by atoms with E-state index in [1.54, 1.807) is 0 Å². The molecule has 1 aromatic heterocycles. The van der Waals surface area contributed by atoms with Gasteiger partial charge in [-0.25, -0.2) is 0 Å². The molecular formula is C12H12N2O2. The van der Waals surface area contributed by atoms with Crippen LogP contribution in [0.15, 0.2) is 24.3 Å². The summed E-state index contributed by atoms with van der Waals surface area (Å²) >= 11 is 0. The van der Waals surface area contributed by atoms with Gasteiger partial charge < -0.3 is 15.4 Å². The molecule has 1 aliphatic heterocycles. The predicted molar refractivity (Wildman–Crippen MR) is 60.2 cm³/mol. The molecule has 4 nitrogen and oxygen atoms in total. The van der Waals surface area contributed by atoms with E-state index in [-0.39, 0.29) is 5.91 Å². The molecular weight excluding hydrogens is 204 g/mol. The number of fused-ring (bicyclic) bond motifs is 3. The summed E-state index contributed by atoms with van der Waals surface area (Å²) in [5.74, 6) is -0.136. The molecule has 0 saturated carbocycles. The summed E-state index contributed by atoms with van der Waals surface area (Å²) in [6.07, 6.45) is -0.0225. The first kappa shape index (κ1) is 9.42. The lowest BCUT2D eigenvalue weighted by atomic mass is 10.0. The number of aromatic amines is 1. The van der Waals surface area contributed by atoms with Gasteiger partial charge in [-0.3, -0.25) is 4.79 Å². The Balaban J connectivity index is 2.33. The second-order valence-corrected chi connectivity index (χ2v) is 4.02. The number of aromatic nitrogens is 1. The van der Waals surface area contributed by atoms with Crippen LogP contribution >= 0.6 is 0 Å². The Morgan fingerprint density at radius 1 is 1.31 bits per heavy atom. The first-order valence-electron chi connectivity index (χ1n) is 5.34. The van der Waals surface area contributed by atoms with Crippen molar-refractivity contribution in [2.45, 2.75) is 12.5 Å². The van der Waals surface area contributed by atoms with E-state index in [1.807, 2.05) is 24.3 Å². The van der Waals surface area contributed by atoms with Gasteiger partial charge in [-0.2, -0.15) is 0 Å². The van der Waals surface area contributed by atoms with Crippen molar-refractivity contribution in [3.8, 4) is 0 Å². The third kappa shape index (κ3) is 1.23. The summed E-state index contributed by atoms with van der Waals surface area (Å²) < 4.78 is 0. The SMILES string of the molecule is O=C1NCCC(O)c2c1[nH]c1ccccc21. The first-order valence-corrected chi connectivity index (χ1v) is 5.34. The average Bonchev–Trinajstić information content (AvgIpc) is 2.61. The van der Waals surface area contributed by atoms with Gasteiger partial charge in [-0.05, 0) is 12.5 Å². The van der Waals surface area contributed by atoms with Crippen LogP contribution in [-0.2, 0) is 0 Å². The van der Waals surface area contributed by atoms with Crippen LogP contribution in [0.4, 0.5) is 0 Å². The molecule has 0 fully saturated rings. The minimum atomic E-state index is -0.579. The van der Waals surface area contributed by atoms with Crippen molar-refractivity contribution in [1.29, 1.82) is 0 Å². The number of aliphatic hydroxyl groups excluding tert-OH is 1. The van der Waals surface area contributed by atoms with Gasteiger partial charge in [0.25, 0.3) is 5.91 Å². The van der Waals surface area contributed by atoms with Gasteiger partial charge in [0.2, 0.25) is 0 Å². The smallest absolute Gasteiger partial charge is 0.268 e. The lowest BCUT2D eigenvalue weighted by Crippen LogP contribution is -2.23. The molecule has 1 atom stereocenters. The first-order chi connectivity index (χ1) is 7.77. The summed E-state index contributed by atoms with van der Waals surface area (Å²) in [5.41, 5.74) is 2.11. The van der Waals surface area contributed by atoms with Gasteiger partial charge in [0, 0.05) is 23.0 Å². The zero-order valence-electron chi connectivity index (χ0n) is 8.66. The highest BCUT2D eigenvalue weighted by Crippen LogP contribution is 2.31. The topological polar surface area (TPSA) is 65.1 Å². The molecule has 1 unspecified atom stereocenters. The van der Waals surface area contributed by atoms with Crippen LogP contribution < -0.4 is 5.32 Å². The van der Waals surface area contributed by atoms with Crippen LogP contribution in [0.5, 0.6) is 0 Å². The van der Waals surface area contributed by atoms with E-state index in [9.17, 15) is 9.90 Å². The molecule has 0 aliphatic carbocycles. The summed E-state index contributed by atoms with van der Waals surface area (Å²) in [6, 6.07) is 7.64. The highest BCUT2D eigenvalue weighted by molar-refractivity contribution is 6.01. The maximum Gasteiger partial charge on any atom is 0.268 e. The molecule has 4 heteroatoms. The number of nitrogens with one attached hydrogen (secondary N) is 2. The molecule has 0 bridgehead atoms. The van der Waals surface area contributed by atoms with E-state index in [4.69, 9.17) is 0 Å². The Hall–Kier alpha value is -1.81. The van der Waals surface area contributed by atoms with E-state index in [1.165, 1.54) is 0 Å². The lowest BCUT2D eigenvalue weighted by molar-refractivity contribution is 0.0951. The number of hydrogen-bond acceptors (Lipinski definition) is 2. The second-order valence-electron chi connectivity index (χ2n) is 4.02. The van der Waals surface area contributed by atoms with Crippen molar-refractivity contribution in [1.82, 2.24) is 10.3 Å².